The molecule has 0 radical (unpaired) electrons. The van der Waals surface area contributed by atoms with E-state index in [0.717, 1.165) is 24.2 Å². The fourth-order valence-corrected chi connectivity index (χ4v) is 3.89. The lowest BCUT2D eigenvalue weighted by Crippen LogP contribution is -2.43. The number of carbonyl (C=O) groups excluding carboxylic acids is 1. The topological polar surface area (TPSA) is 76.1 Å². The molecule has 6 heteroatoms. The number of carboxylic acid groups (broad SMARTS) is 1. The van der Waals surface area contributed by atoms with E-state index in [1.165, 1.54) is 0 Å². The van der Waals surface area contributed by atoms with E-state index in [4.69, 9.17) is 9.47 Å². The number of piperidine rings is 1. The van der Waals surface area contributed by atoms with E-state index in [1.807, 2.05) is 29.2 Å². The molecule has 1 unspecified atom stereocenters. The Balaban J connectivity index is 1.53. The van der Waals surface area contributed by atoms with Gasteiger partial charge in [-0.05, 0) is 42.9 Å². The van der Waals surface area contributed by atoms with E-state index in [2.05, 4.69) is 0 Å². The quantitative estimate of drug-likeness (QED) is 0.881. The fourth-order valence-electron chi connectivity index (χ4n) is 3.89. The van der Waals surface area contributed by atoms with Crippen LogP contribution in [0, 0.1) is 11.8 Å². The molecule has 2 atom stereocenters. The van der Waals surface area contributed by atoms with Gasteiger partial charge in [0.05, 0.1) is 25.6 Å². The van der Waals surface area contributed by atoms with Gasteiger partial charge in [-0.15, -0.1) is 0 Å². The number of amides is 1. The lowest BCUT2D eigenvalue weighted by molar-refractivity contribution is -0.145. The Morgan fingerprint density at radius 3 is 2.72 bits per heavy atom. The third kappa shape index (κ3) is 4.12. The van der Waals surface area contributed by atoms with Crippen molar-refractivity contribution in [2.75, 3.05) is 26.8 Å². The van der Waals surface area contributed by atoms with Crippen LogP contribution in [0.4, 0.5) is 0 Å². The van der Waals surface area contributed by atoms with Gasteiger partial charge in [0.15, 0.2) is 0 Å². The van der Waals surface area contributed by atoms with Crippen molar-refractivity contribution in [2.24, 2.45) is 11.8 Å². The summed E-state index contributed by atoms with van der Waals surface area (Å²) in [6, 6.07) is 7.56. The molecule has 3 rings (SSSR count). The van der Waals surface area contributed by atoms with Crippen molar-refractivity contribution in [3.63, 3.8) is 0 Å². The Kier molecular flexibility index (Phi) is 5.58. The minimum absolute atomic E-state index is 0.105. The summed E-state index contributed by atoms with van der Waals surface area (Å²) >= 11 is 0. The third-order valence-corrected chi connectivity index (χ3v) is 5.30. The van der Waals surface area contributed by atoms with Crippen molar-refractivity contribution < 1.29 is 24.2 Å². The molecule has 0 spiro atoms. The largest absolute Gasteiger partial charge is 0.497 e. The number of nitrogens with zero attached hydrogens (tertiary/aromatic N) is 1. The Labute approximate surface area is 147 Å². The first-order valence-corrected chi connectivity index (χ1v) is 8.83. The van der Waals surface area contributed by atoms with Gasteiger partial charge in [-0.25, -0.2) is 0 Å². The number of rotatable bonds is 5. The molecule has 6 nitrogen and oxygen atoms in total. The minimum Gasteiger partial charge on any atom is -0.497 e. The molecule has 2 aliphatic rings. The van der Waals surface area contributed by atoms with Crippen LogP contribution < -0.4 is 4.74 Å². The highest BCUT2D eigenvalue weighted by Gasteiger charge is 2.40. The number of benzene rings is 1. The zero-order valence-corrected chi connectivity index (χ0v) is 14.5. The van der Waals surface area contributed by atoms with E-state index in [1.54, 1.807) is 7.11 Å². The predicted octanol–water partition coefficient (Wildman–Crippen LogP) is 1.97. The van der Waals surface area contributed by atoms with E-state index in [9.17, 15) is 14.7 Å². The number of carbonyl (C=O) groups is 2. The second kappa shape index (κ2) is 7.87. The molecule has 0 bridgehead atoms. The highest BCUT2D eigenvalue weighted by atomic mass is 16.5. The number of methoxy groups -OCH3 is 1. The van der Waals surface area contributed by atoms with E-state index in [-0.39, 0.29) is 17.9 Å². The Bertz CT molecular complexity index is 624. The summed E-state index contributed by atoms with van der Waals surface area (Å²) in [5.41, 5.74) is 0.941. The molecule has 0 aromatic heterocycles. The standard InChI is InChI=1S/C19H25NO5/c1-24-15-4-2-3-13(11-15)12-17(21)20-8-5-14(6-9-20)18-16(19(22)23)7-10-25-18/h2-4,11,14,16,18H,5-10,12H2,1H3,(H,22,23)/t16?,18-/m0/s1. The van der Waals surface area contributed by atoms with Gasteiger partial charge in [0.25, 0.3) is 0 Å². The van der Waals surface area contributed by atoms with Crippen molar-refractivity contribution in [2.45, 2.75) is 31.8 Å². The maximum Gasteiger partial charge on any atom is 0.309 e. The molecule has 2 aliphatic heterocycles. The van der Waals surface area contributed by atoms with Crippen molar-refractivity contribution in [1.82, 2.24) is 4.90 Å². The van der Waals surface area contributed by atoms with Gasteiger partial charge in [-0.2, -0.15) is 0 Å². The summed E-state index contributed by atoms with van der Waals surface area (Å²) in [4.78, 5) is 25.7. The van der Waals surface area contributed by atoms with Gasteiger partial charge < -0.3 is 19.5 Å². The number of hydrogen-bond donors (Lipinski definition) is 1. The number of aliphatic carboxylic acids is 1. The molecule has 1 N–H and O–H groups in total. The zero-order chi connectivity index (χ0) is 17.8. The first-order valence-electron chi connectivity index (χ1n) is 8.83. The van der Waals surface area contributed by atoms with E-state index in [0.29, 0.717) is 32.5 Å². The normalized spacial score (nSPS) is 24.3. The fraction of sp³-hybridized carbons (Fsp3) is 0.579. The summed E-state index contributed by atoms with van der Waals surface area (Å²) in [6.45, 7) is 1.86. The van der Waals surface area contributed by atoms with Crippen LogP contribution in [0.5, 0.6) is 5.75 Å². The lowest BCUT2D eigenvalue weighted by Gasteiger charge is -2.35. The van der Waals surface area contributed by atoms with Gasteiger partial charge in [0.1, 0.15) is 5.75 Å². The summed E-state index contributed by atoms with van der Waals surface area (Å²) < 4.78 is 10.9. The summed E-state index contributed by atoms with van der Waals surface area (Å²) in [6.07, 6.45) is 2.36. The zero-order valence-electron chi connectivity index (χ0n) is 14.5. The summed E-state index contributed by atoms with van der Waals surface area (Å²) in [7, 11) is 1.61. The summed E-state index contributed by atoms with van der Waals surface area (Å²) in [5.74, 6) is -0.0801. The lowest BCUT2D eigenvalue weighted by atomic mass is 9.84. The molecular weight excluding hydrogens is 322 g/mol. The van der Waals surface area contributed by atoms with Crippen LogP contribution in [0.15, 0.2) is 24.3 Å². The van der Waals surface area contributed by atoms with Crippen molar-refractivity contribution in [3.8, 4) is 5.75 Å². The van der Waals surface area contributed by atoms with Crippen molar-refractivity contribution in [1.29, 1.82) is 0 Å². The maximum absolute atomic E-state index is 12.5. The van der Waals surface area contributed by atoms with Crippen molar-refractivity contribution >= 4 is 11.9 Å². The maximum atomic E-state index is 12.5. The molecular formula is C19H25NO5. The number of likely N-dealkylation sites (tertiary alicyclic amines) is 1. The Hall–Kier alpha value is -2.08. The molecule has 0 saturated carbocycles. The molecule has 1 aromatic carbocycles. The van der Waals surface area contributed by atoms with Crippen molar-refractivity contribution in [3.05, 3.63) is 29.8 Å². The SMILES string of the molecule is COc1cccc(CC(=O)N2CCC([C@@H]3OCCC3C(=O)O)CC2)c1. The highest BCUT2D eigenvalue weighted by molar-refractivity contribution is 5.79. The van der Waals surface area contributed by atoms with Gasteiger partial charge in [0, 0.05) is 19.7 Å². The Morgan fingerprint density at radius 1 is 1.28 bits per heavy atom. The first kappa shape index (κ1) is 17.7. The molecule has 2 saturated heterocycles. The van der Waals surface area contributed by atoms with Gasteiger partial charge in [0.2, 0.25) is 5.91 Å². The van der Waals surface area contributed by atoms with Crippen LogP contribution in [0.3, 0.4) is 0 Å². The van der Waals surface area contributed by atoms with E-state index >= 15 is 0 Å². The first-order chi connectivity index (χ1) is 12.1. The predicted molar refractivity (Wildman–Crippen MR) is 91.5 cm³/mol. The second-order valence-electron chi connectivity index (χ2n) is 6.82. The van der Waals surface area contributed by atoms with E-state index < -0.39 is 11.9 Å². The number of carboxylic acids is 1. The minimum atomic E-state index is -0.765. The molecule has 136 valence electrons. The molecule has 1 amide bonds. The second-order valence-corrected chi connectivity index (χ2v) is 6.82. The molecule has 1 aromatic rings. The molecule has 2 heterocycles. The highest BCUT2D eigenvalue weighted by Crippen LogP contribution is 2.33. The van der Waals surface area contributed by atoms with Crippen LogP contribution >= 0.6 is 0 Å². The van der Waals surface area contributed by atoms with Crippen LogP contribution in [0.25, 0.3) is 0 Å². The molecule has 25 heavy (non-hydrogen) atoms. The van der Waals surface area contributed by atoms with Crippen LogP contribution in [-0.2, 0) is 20.7 Å². The van der Waals surface area contributed by atoms with Crippen LogP contribution in [0.2, 0.25) is 0 Å². The molecule has 2 fully saturated rings. The average molecular weight is 347 g/mol. The number of hydrogen-bond acceptors (Lipinski definition) is 4. The number of ether oxygens (including phenoxy) is 2. The van der Waals surface area contributed by atoms with Gasteiger partial charge in [-0.3, -0.25) is 9.59 Å². The van der Waals surface area contributed by atoms with Crippen LogP contribution in [0.1, 0.15) is 24.8 Å². The van der Waals surface area contributed by atoms with Crippen LogP contribution in [-0.4, -0.2) is 54.8 Å². The average Bonchev–Trinajstić information content (AvgIpc) is 3.12. The smallest absolute Gasteiger partial charge is 0.309 e. The van der Waals surface area contributed by atoms with Gasteiger partial charge >= 0.3 is 5.97 Å². The third-order valence-electron chi connectivity index (χ3n) is 5.30. The Morgan fingerprint density at radius 2 is 2.04 bits per heavy atom. The summed E-state index contributed by atoms with van der Waals surface area (Å²) in [5, 5.41) is 9.31. The molecule has 0 aliphatic carbocycles. The van der Waals surface area contributed by atoms with Gasteiger partial charge in [-0.1, -0.05) is 12.1 Å². The monoisotopic (exact) mass is 347 g/mol.